The highest BCUT2D eigenvalue weighted by Gasteiger charge is 2.39. The van der Waals surface area contributed by atoms with Gasteiger partial charge in [0, 0.05) is 12.6 Å². The predicted molar refractivity (Wildman–Crippen MR) is 122 cm³/mol. The predicted octanol–water partition coefficient (Wildman–Crippen LogP) is 1.88. The third kappa shape index (κ3) is 8.43. The molecule has 0 saturated heterocycles. The fraction of sp³-hybridized carbons (Fsp3) is 0.565. The van der Waals surface area contributed by atoms with Crippen molar-refractivity contribution in [2.45, 2.75) is 76.0 Å². The Balaban J connectivity index is 2.27. The van der Waals surface area contributed by atoms with Crippen molar-refractivity contribution in [1.82, 2.24) is 9.62 Å². The van der Waals surface area contributed by atoms with Crippen LogP contribution in [-0.4, -0.2) is 62.0 Å². The smallest absolute Gasteiger partial charge is 0.308 e. The monoisotopic (exact) mass is 493 g/mol. The van der Waals surface area contributed by atoms with Crippen molar-refractivity contribution in [3.05, 3.63) is 29.8 Å². The molecular formula is C23H31N3O7S. The van der Waals surface area contributed by atoms with Crippen molar-refractivity contribution < 1.29 is 32.3 Å². The number of esters is 2. The summed E-state index contributed by atoms with van der Waals surface area (Å²) in [7, 11) is -4.20. The molecule has 2 rings (SSSR count). The number of nitrogens with one attached hydrogen (secondary N) is 1. The van der Waals surface area contributed by atoms with Gasteiger partial charge in [-0.1, -0.05) is 0 Å². The third-order valence-corrected chi connectivity index (χ3v) is 6.30. The summed E-state index contributed by atoms with van der Waals surface area (Å²) in [5.74, 6) is -1.83. The van der Waals surface area contributed by atoms with Crippen LogP contribution in [0.15, 0.2) is 29.2 Å². The van der Waals surface area contributed by atoms with E-state index in [1.54, 1.807) is 27.7 Å². The number of ether oxygens (including phenoxy) is 2. The molecule has 1 amide bonds. The van der Waals surface area contributed by atoms with Crippen LogP contribution in [0.2, 0.25) is 0 Å². The molecule has 0 aliphatic heterocycles. The van der Waals surface area contributed by atoms with Crippen molar-refractivity contribution in [3.63, 3.8) is 0 Å². The lowest BCUT2D eigenvalue weighted by atomic mass is 10.1. The van der Waals surface area contributed by atoms with Gasteiger partial charge < -0.3 is 14.4 Å². The number of nitriles is 1. The molecule has 1 aliphatic rings. The molecule has 1 aromatic rings. The summed E-state index contributed by atoms with van der Waals surface area (Å²) in [4.78, 5) is 39.0. The number of carbonyl (C=O) groups excluding carboxylic acids is 3. The van der Waals surface area contributed by atoms with E-state index in [4.69, 9.17) is 14.7 Å². The van der Waals surface area contributed by atoms with E-state index >= 15 is 0 Å². The van der Waals surface area contributed by atoms with Crippen LogP contribution in [0.5, 0.6) is 0 Å². The quantitative estimate of drug-likeness (QED) is 0.460. The summed E-state index contributed by atoms with van der Waals surface area (Å²) >= 11 is 0. The van der Waals surface area contributed by atoms with E-state index < -0.39 is 45.9 Å². The lowest BCUT2D eigenvalue weighted by Crippen LogP contribution is -2.51. The standard InChI is InChI=1S/C23H31N3O7S/c1-5-32-20(27)12-13-26(17-8-9-17)22(29)19(14-21(28)33-23(2,3)4)25-34(30,31)18-10-6-16(15-24)7-11-18/h6-7,10-11,17,19,25H,5,8-9,12-14H2,1-4H3/t19-/m0/s1. The van der Waals surface area contributed by atoms with E-state index in [0.29, 0.717) is 0 Å². The van der Waals surface area contributed by atoms with Crippen molar-refractivity contribution >= 4 is 27.9 Å². The van der Waals surface area contributed by atoms with Crippen LogP contribution < -0.4 is 4.72 Å². The number of hydrogen-bond donors (Lipinski definition) is 1. The van der Waals surface area contributed by atoms with Crippen molar-refractivity contribution in [2.75, 3.05) is 13.2 Å². The van der Waals surface area contributed by atoms with Crippen molar-refractivity contribution in [2.24, 2.45) is 0 Å². The van der Waals surface area contributed by atoms with E-state index in [1.165, 1.54) is 29.2 Å². The zero-order chi connectivity index (χ0) is 25.5. The maximum atomic E-state index is 13.4. The Morgan fingerprint density at radius 2 is 1.79 bits per heavy atom. The first-order valence-corrected chi connectivity index (χ1v) is 12.5. The molecule has 34 heavy (non-hydrogen) atoms. The zero-order valence-corrected chi connectivity index (χ0v) is 20.7. The first kappa shape index (κ1) is 27.3. The number of amides is 1. The van der Waals surface area contributed by atoms with Gasteiger partial charge in [-0.25, -0.2) is 8.42 Å². The number of benzene rings is 1. The van der Waals surface area contributed by atoms with Gasteiger partial charge in [0.05, 0.1) is 36.0 Å². The molecule has 1 aliphatic carbocycles. The van der Waals surface area contributed by atoms with Crippen LogP contribution in [0.3, 0.4) is 0 Å². The fourth-order valence-corrected chi connectivity index (χ4v) is 4.39. The van der Waals surface area contributed by atoms with Gasteiger partial charge >= 0.3 is 11.9 Å². The fourth-order valence-electron chi connectivity index (χ4n) is 3.20. The molecular weight excluding hydrogens is 462 g/mol. The minimum absolute atomic E-state index is 0.0440. The van der Waals surface area contributed by atoms with Gasteiger partial charge in [0.1, 0.15) is 11.6 Å². The molecule has 186 valence electrons. The topological polar surface area (TPSA) is 143 Å². The number of hydrogen-bond acceptors (Lipinski definition) is 8. The first-order chi connectivity index (χ1) is 15.9. The molecule has 0 unspecified atom stereocenters. The lowest BCUT2D eigenvalue weighted by Gasteiger charge is -2.28. The summed E-state index contributed by atoms with van der Waals surface area (Å²) in [5, 5.41) is 8.93. The van der Waals surface area contributed by atoms with E-state index in [1.807, 2.05) is 6.07 Å². The Labute approximate surface area is 200 Å². The van der Waals surface area contributed by atoms with Gasteiger partial charge in [0.15, 0.2) is 0 Å². The molecule has 11 heteroatoms. The van der Waals surface area contributed by atoms with Crippen LogP contribution in [0.4, 0.5) is 0 Å². The maximum Gasteiger partial charge on any atom is 0.308 e. The molecule has 0 heterocycles. The van der Waals surface area contributed by atoms with Crippen molar-refractivity contribution in [1.29, 1.82) is 5.26 Å². The third-order valence-electron chi connectivity index (χ3n) is 4.81. The average Bonchev–Trinajstić information content (AvgIpc) is 3.57. The normalized spacial score (nSPS) is 14.6. The first-order valence-electron chi connectivity index (χ1n) is 11.1. The van der Waals surface area contributed by atoms with Gasteiger partial charge in [-0.05, 0) is 64.8 Å². The summed E-state index contributed by atoms with van der Waals surface area (Å²) in [6.45, 7) is 6.93. The minimum atomic E-state index is -4.20. The van der Waals surface area contributed by atoms with Crippen LogP contribution >= 0.6 is 0 Å². The van der Waals surface area contributed by atoms with E-state index in [0.717, 1.165) is 12.8 Å². The number of sulfonamides is 1. The second kappa shape index (κ2) is 11.4. The molecule has 0 spiro atoms. The minimum Gasteiger partial charge on any atom is -0.466 e. The molecule has 0 radical (unpaired) electrons. The van der Waals surface area contributed by atoms with Crippen LogP contribution in [0.1, 0.15) is 58.9 Å². The van der Waals surface area contributed by atoms with Gasteiger partial charge in [-0.15, -0.1) is 0 Å². The second-order valence-corrected chi connectivity index (χ2v) is 10.6. The van der Waals surface area contributed by atoms with E-state index in [2.05, 4.69) is 4.72 Å². The molecule has 1 aromatic carbocycles. The highest BCUT2D eigenvalue weighted by Crippen LogP contribution is 2.28. The molecule has 1 saturated carbocycles. The Bertz CT molecular complexity index is 1040. The Morgan fingerprint density at radius 1 is 1.18 bits per heavy atom. The summed E-state index contributed by atoms with van der Waals surface area (Å²) in [6, 6.07) is 5.51. The SMILES string of the molecule is CCOC(=O)CCN(C(=O)[C@H](CC(=O)OC(C)(C)C)NS(=O)(=O)c1ccc(C#N)cc1)C1CC1. The average molecular weight is 494 g/mol. The Morgan fingerprint density at radius 3 is 2.29 bits per heavy atom. The highest BCUT2D eigenvalue weighted by atomic mass is 32.2. The molecule has 10 nitrogen and oxygen atoms in total. The van der Waals surface area contributed by atoms with Crippen LogP contribution in [-0.2, 0) is 33.9 Å². The van der Waals surface area contributed by atoms with Crippen LogP contribution in [0, 0.1) is 11.3 Å². The summed E-state index contributed by atoms with van der Waals surface area (Å²) in [6.07, 6.45) is 0.873. The largest absolute Gasteiger partial charge is 0.466 e. The van der Waals surface area contributed by atoms with E-state index in [-0.39, 0.29) is 36.1 Å². The van der Waals surface area contributed by atoms with Crippen molar-refractivity contribution in [3.8, 4) is 6.07 Å². The second-order valence-electron chi connectivity index (χ2n) is 8.92. The summed E-state index contributed by atoms with van der Waals surface area (Å²) < 4.78 is 38.5. The zero-order valence-electron chi connectivity index (χ0n) is 19.9. The Hall–Kier alpha value is -2.97. The highest BCUT2D eigenvalue weighted by molar-refractivity contribution is 7.89. The molecule has 1 fully saturated rings. The van der Waals surface area contributed by atoms with E-state index in [9.17, 15) is 22.8 Å². The Kier molecular flexibility index (Phi) is 9.18. The lowest BCUT2D eigenvalue weighted by molar-refractivity contribution is -0.157. The van der Waals surface area contributed by atoms with Gasteiger partial charge in [-0.3, -0.25) is 14.4 Å². The van der Waals surface area contributed by atoms with Gasteiger partial charge in [-0.2, -0.15) is 9.98 Å². The van der Waals surface area contributed by atoms with Gasteiger partial charge in [0.2, 0.25) is 15.9 Å². The molecule has 0 bridgehead atoms. The number of carbonyl (C=O) groups is 3. The number of rotatable bonds is 11. The molecule has 1 N–H and O–H groups in total. The molecule has 1 atom stereocenters. The molecule has 0 aromatic heterocycles. The summed E-state index contributed by atoms with van der Waals surface area (Å²) in [5.41, 5.74) is -0.546. The number of nitrogens with zero attached hydrogens (tertiary/aromatic N) is 2. The maximum absolute atomic E-state index is 13.4. The van der Waals surface area contributed by atoms with Crippen LogP contribution in [0.25, 0.3) is 0 Å². The van der Waals surface area contributed by atoms with Gasteiger partial charge in [0.25, 0.3) is 0 Å².